The van der Waals surface area contributed by atoms with Crippen molar-refractivity contribution < 1.29 is 14.6 Å². The van der Waals surface area contributed by atoms with Gasteiger partial charge in [0, 0.05) is 26.2 Å². The summed E-state index contributed by atoms with van der Waals surface area (Å²) in [6.07, 6.45) is -0.328. The Balaban J connectivity index is 1.84. The third kappa shape index (κ3) is 7.56. The summed E-state index contributed by atoms with van der Waals surface area (Å²) >= 11 is 12.0. The second kappa shape index (κ2) is 11.4. The van der Waals surface area contributed by atoms with Gasteiger partial charge in [-0.1, -0.05) is 35.3 Å². The number of halogens is 2. The van der Waals surface area contributed by atoms with Gasteiger partial charge in [-0.3, -0.25) is 0 Å². The number of ether oxygens (including phenoxy) is 2. The van der Waals surface area contributed by atoms with Crippen LogP contribution in [0, 0.1) is 0 Å². The van der Waals surface area contributed by atoms with E-state index in [1.165, 1.54) is 0 Å². The maximum Gasteiger partial charge on any atom is 0.161 e. The van der Waals surface area contributed by atoms with Gasteiger partial charge in [0.25, 0.3) is 0 Å². The molecule has 2 rings (SSSR count). The lowest BCUT2D eigenvalue weighted by molar-refractivity contribution is 0.191. The molecule has 0 saturated heterocycles. The molecule has 0 radical (unpaired) electrons. The van der Waals surface area contributed by atoms with E-state index in [4.69, 9.17) is 32.7 Å². The van der Waals surface area contributed by atoms with Crippen LogP contribution < -0.4 is 20.1 Å². The zero-order valence-electron chi connectivity index (χ0n) is 15.6. The highest BCUT2D eigenvalue weighted by atomic mass is 35.5. The Labute approximate surface area is 170 Å². The topological polar surface area (TPSA) is 62.8 Å². The molecule has 3 N–H and O–H groups in total. The second-order valence-corrected chi connectivity index (χ2v) is 7.07. The van der Waals surface area contributed by atoms with E-state index in [0.29, 0.717) is 34.7 Å². The first kappa shape index (κ1) is 21.8. The maximum absolute atomic E-state index is 9.19. The van der Waals surface area contributed by atoms with E-state index >= 15 is 0 Å². The summed E-state index contributed by atoms with van der Waals surface area (Å²) in [6.45, 7) is 5.06. The molecule has 2 aromatic carbocycles. The van der Waals surface area contributed by atoms with Crippen LogP contribution in [0.2, 0.25) is 10.0 Å². The normalized spacial score (nSPS) is 12.0. The number of rotatable bonds is 11. The van der Waals surface area contributed by atoms with E-state index < -0.39 is 0 Å². The van der Waals surface area contributed by atoms with Crippen LogP contribution in [0.15, 0.2) is 36.4 Å². The summed E-state index contributed by atoms with van der Waals surface area (Å²) < 4.78 is 11.3. The Morgan fingerprint density at radius 3 is 2.41 bits per heavy atom. The molecule has 0 spiro atoms. The third-order valence-corrected chi connectivity index (χ3v) is 4.59. The monoisotopic (exact) mass is 412 g/mol. The average molecular weight is 413 g/mol. The fourth-order valence-electron chi connectivity index (χ4n) is 2.45. The van der Waals surface area contributed by atoms with Gasteiger partial charge < -0.3 is 25.2 Å². The molecule has 1 unspecified atom stereocenters. The second-order valence-electron chi connectivity index (χ2n) is 6.25. The first-order valence-electron chi connectivity index (χ1n) is 8.82. The van der Waals surface area contributed by atoms with Crippen LogP contribution >= 0.6 is 23.2 Å². The van der Waals surface area contributed by atoms with Crippen LogP contribution in [0.25, 0.3) is 0 Å². The Hall–Kier alpha value is -1.50. The molecule has 0 fully saturated rings. The molecule has 0 amide bonds. The lowest BCUT2D eigenvalue weighted by Crippen LogP contribution is -2.31. The molecule has 0 aliphatic heterocycles. The van der Waals surface area contributed by atoms with Crippen molar-refractivity contribution in [2.45, 2.75) is 26.2 Å². The summed E-state index contributed by atoms with van der Waals surface area (Å²) in [5, 5.41) is 16.7. The molecule has 0 bridgehead atoms. The Bertz CT molecular complexity index is 726. The number of benzene rings is 2. The largest absolute Gasteiger partial charge is 0.493 e. The third-order valence-electron chi connectivity index (χ3n) is 3.85. The molecule has 148 valence electrons. The Kier molecular flexibility index (Phi) is 9.18. The molecule has 7 heteroatoms. The highest BCUT2D eigenvalue weighted by Crippen LogP contribution is 2.29. The summed E-state index contributed by atoms with van der Waals surface area (Å²) in [5.74, 6) is 1.35. The van der Waals surface area contributed by atoms with Crippen LogP contribution in [0.1, 0.15) is 18.1 Å². The fraction of sp³-hybridized carbons (Fsp3) is 0.400. The zero-order chi connectivity index (χ0) is 19.6. The van der Waals surface area contributed by atoms with Crippen LogP contribution in [0.3, 0.4) is 0 Å². The van der Waals surface area contributed by atoms with Gasteiger partial charge in [0.05, 0.1) is 23.3 Å². The molecule has 0 saturated carbocycles. The van der Waals surface area contributed by atoms with Crippen molar-refractivity contribution in [3.8, 4) is 11.5 Å². The van der Waals surface area contributed by atoms with Crippen molar-refractivity contribution in [3.05, 3.63) is 57.6 Å². The van der Waals surface area contributed by atoms with Crippen LogP contribution in [0.5, 0.6) is 11.5 Å². The van der Waals surface area contributed by atoms with E-state index in [-0.39, 0.29) is 6.10 Å². The first-order valence-corrected chi connectivity index (χ1v) is 9.58. The van der Waals surface area contributed by atoms with Gasteiger partial charge in [0.1, 0.15) is 6.61 Å². The van der Waals surface area contributed by atoms with Crippen molar-refractivity contribution >= 4 is 23.2 Å². The van der Waals surface area contributed by atoms with Gasteiger partial charge in [0.2, 0.25) is 0 Å². The molecular weight excluding hydrogens is 387 g/mol. The molecule has 0 aliphatic rings. The number of nitrogens with one attached hydrogen (secondary N) is 2. The van der Waals surface area contributed by atoms with E-state index in [2.05, 4.69) is 10.6 Å². The predicted molar refractivity (Wildman–Crippen MR) is 110 cm³/mol. The molecular formula is C20H26Cl2N2O3. The number of hydrogen-bond donors (Lipinski definition) is 3. The minimum Gasteiger partial charge on any atom is -0.493 e. The zero-order valence-corrected chi connectivity index (χ0v) is 17.1. The number of hydrogen-bond acceptors (Lipinski definition) is 5. The SMILES string of the molecule is COc1cc(CNCCNCC(C)O)ccc1OCc1ccc(Cl)c(Cl)c1. The van der Waals surface area contributed by atoms with Gasteiger partial charge in [-0.2, -0.15) is 0 Å². The van der Waals surface area contributed by atoms with Crippen molar-refractivity contribution in [1.82, 2.24) is 10.6 Å². The lowest BCUT2D eigenvalue weighted by Gasteiger charge is -2.13. The van der Waals surface area contributed by atoms with E-state index in [9.17, 15) is 5.11 Å². The molecule has 5 nitrogen and oxygen atoms in total. The van der Waals surface area contributed by atoms with E-state index in [1.807, 2.05) is 24.3 Å². The van der Waals surface area contributed by atoms with Gasteiger partial charge in [0.15, 0.2) is 11.5 Å². The van der Waals surface area contributed by atoms with Crippen molar-refractivity contribution in [2.24, 2.45) is 0 Å². The summed E-state index contributed by atoms with van der Waals surface area (Å²) in [7, 11) is 1.62. The Morgan fingerprint density at radius 2 is 1.70 bits per heavy atom. The smallest absolute Gasteiger partial charge is 0.161 e. The number of aliphatic hydroxyl groups is 1. The highest BCUT2D eigenvalue weighted by molar-refractivity contribution is 6.42. The van der Waals surface area contributed by atoms with Crippen molar-refractivity contribution in [2.75, 3.05) is 26.7 Å². The minimum absolute atomic E-state index is 0.328. The lowest BCUT2D eigenvalue weighted by atomic mass is 10.2. The van der Waals surface area contributed by atoms with Gasteiger partial charge in [-0.05, 0) is 42.3 Å². The van der Waals surface area contributed by atoms with Crippen LogP contribution in [0.4, 0.5) is 0 Å². The van der Waals surface area contributed by atoms with Crippen LogP contribution in [-0.4, -0.2) is 38.0 Å². The van der Waals surface area contributed by atoms with E-state index in [1.54, 1.807) is 26.2 Å². The summed E-state index contributed by atoms with van der Waals surface area (Å²) in [6, 6.07) is 11.3. The van der Waals surface area contributed by atoms with E-state index in [0.717, 1.165) is 30.8 Å². The van der Waals surface area contributed by atoms with Crippen molar-refractivity contribution in [3.63, 3.8) is 0 Å². The molecule has 0 aromatic heterocycles. The van der Waals surface area contributed by atoms with Crippen molar-refractivity contribution in [1.29, 1.82) is 0 Å². The standard InChI is InChI=1S/C20H26Cl2N2O3/c1-14(25)11-23-7-8-24-12-15-4-6-19(20(10-15)26-2)27-13-16-3-5-17(21)18(22)9-16/h3-6,9-10,14,23-25H,7-8,11-13H2,1-2H3. The summed E-state index contributed by atoms with van der Waals surface area (Å²) in [4.78, 5) is 0. The maximum atomic E-state index is 9.19. The Morgan fingerprint density at radius 1 is 0.963 bits per heavy atom. The quantitative estimate of drug-likeness (QED) is 0.491. The van der Waals surface area contributed by atoms with Gasteiger partial charge >= 0.3 is 0 Å². The molecule has 0 aliphatic carbocycles. The van der Waals surface area contributed by atoms with Gasteiger partial charge in [-0.15, -0.1) is 0 Å². The average Bonchev–Trinajstić information content (AvgIpc) is 2.65. The number of methoxy groups -OCH3 is 1. The summed E-state index contributed by atoms with van der Waals surface area (Å²) in [5.41, 5.74) is 2.03. The fourth-order valence-corrected chi connectivity index (χ4v) is 2.77. The molecule has 0 heterocycles. The first-order chi connectivity index (χ1) is 13.0. The molecule has 1 atom stereocenters. The highest BCUT2D eigenvalue weighted by Gasteiger charge is 2.07. The van der Waals surface area contributed by atoms with Gasteiger partial charge in [-0.25, -0.2) is 0 Å². The molecule has 27 heavy (non-hydrogen) atoms. The number of aliphatic hydroxyl groups excluding tert-OH is 1. The van der Waals surface area contributed by atoms with Crippen LogP contribution in [-0.2, 0) is 13.2 Å². The minimum atomic E-state index is -0.328. The molecule has 2 aromatic rings. The predicted octanol–water partition coefficient (Wildman–Crippen LogP) is 3.64.